The van der Waals surface area contributed by atoms with Crippen molar-refractivity contribution in [3.8, 4) is 11.5 Å². The van der Waals surface area contributed by atoms with Crippen LogP contribution in [0.25, 0.3) is 6.08 Å². The molecule has 0 atom stereocenters. The minimum Gasteiger partial charge on any atom is -0.493 e. The van der Waals surface area contributed by atoms with Gasteiger partial charge in [0.2, 0.25) is 0 Å². The number of ether oxygens (including phenoxy) is 2. The fraction of sp³-hybridized carbons (Fsp3) is 0.120. The normalized spacial score (nSPS) is 14.7. The zero-order chi connectivity index (χ0) is 24.2. The van der Waals surface area contributed by atoms with Crippen LogP contribution in [-0.4, -0.2) is 23.2 Å². The fourth-order valence-electron chi connectivity index (χ4n) is 3.32. The summed E-state index contributed by atoms with van der Waals surface area (Å²) in [6, 6.07) is 18.4. The molecule has 0 unspecified atom stereocenters. The maximum atomic E-state index is 13.0. The van der Waals surface area contributed by atoms with Crippen LogP contribution < -0.4 is 9.47 Å². The van der Waals surface area contributed by atoms with Gasteiger partial charge in [-0.3, -0.25) is 14.5 Å². The van der Waals surface area contributed by atoms with E-state index in [-0.39, 0.29) is 11.8 Å². The van der Waals surface area contributed by atoms with Crippen molar-refractivity contribution < 1.29 is 19.1 Å². The van der Waals surface area contributed by atoms with Crippen LogP contribution in [0.5, 0.6) is 11.5 Å². The summed E-state index contributed by atoms with van der Waals surface area (Å²) in [5.41, 5.74) is 2.23. The number of benzene rings is 3. The van der Waals surface area contributed by atoms with E-state index in [9.17, 15) is 9.59 Å². The van der Waals surface area contributed by atoms with E-state index in [1.54, 1.807) is 37.5 Å². The molecule has 1 heterocycles. The number of hydrogen-bond acceptors (Lipinski definition) is 5. The van der Waals surface area contributed by atoms with E-state index in [4.69, 9.17) is 32.7 Å². The number of carbonyl (C=O) groups excluding carboxylic acids is 2. The van der Waals surface area contributed by atoms with Crippen LogP contribution in [0, 0.1) is 0 Å². The van der Waals surface area contributed by atoms with Gasteiger partial charge in [-0.15, -0.1) is 0 Å². The molecule has 0 aromatic heterocycles. The molecule has 3 aromatic rings. The molecule has 2 amide bonds. The Morgan fingerprint density at radius 2 is 1.74 bits per heavy atom. The average Bonchev–Trinajstić information content (AvgIpc) is 3.08. The van der Waals surface area contributed by atoms with Crippen molar-refractivity contribution >= 4 is 68.1 Å². The van der Waals surface area contributed by atoms with E-state index < -0.39 is 5.91 Å². The van der Waals surface area contributed by atoms with E-state index in [0.717, 1.165) is 22.2 Å². The number of amides is 2. The Morgan fingerprint density at radius 3 is 2.41 bits per heavy atom. The second-order valence-electron chi connectivity index (χ2n) is 7.28. The Balaban J connectivity index is 1.56. The largest absolute Gasteiger partial charge is 0.493 e. The number of halogens is 3. The van der Waals surface area contributed by atoms with Crippen LogP contribution in [0.4, 0.5) is 4.79 Å². The first kappa shape index (κ1) is 24.7. The molecule has 1 aliphatic heterocycles. The third-order valence-corrected chi connectivity index (χ3v) is 7.23. The van der Waals surface area contributed by atoms with Gasteiger partial charge in [0.1, 0.15) is 6.61 Å². The minimum atomic E-state index is -0.412. The second kappa shape index (κ2) is 10.9. The van der Waals surface area contributed by atoms with E-state index in [0.29, 0.717) is 48.7 Å². The summed E-state index contributed by atoms with van der Waals surface area (Å²) in [5, 5.41) is 0.409. The predicted molar refractivity (Wildman–Crippen MR) is 139 cm³/mol. The Kier molecular flexibility index (Phi) is 7.88. The summed E-state index contributed by atoms with van der Waals surface area (Å²) in [7, 11) is 1.54. The highest BCUT2D eigenvalue weighted by atomic mass is 79.9. The summed E-state index contributed by atoms with van der Waals surface area (Å²) in [6.07, 6.45) is 1.65. The maximum absolute atomic E-state index is 13.0. The standard InChI is InChI=1S/C25H18BrCl2NO4S/c1-32-21-11-16(10-18(26)23(21)33-14-15-6-3-2-4-7-15)12-22-24(30)29(25(31)34-22)13-17-19(27)8-5-9-20(17)28/h2-12H,13-14H2,1H3/b22-12-. The number of thioether (sulfide) groups is 1. The Bertz CT molecular complexity index is 1260. The van der Waals surface area contributed by atoms with Gasteiger partial charge in [0, 0.05) is 15.6 Å². The molecule has 3 aromatic carbocycles. The van der Waals surface area contributed by atoms with Crippen LogP contribution in [0.2, 0.25) is 10.0 Å². The number of carbonyl (C=O) groups is 2. The highest BCUT2D eigenvalue weighted by Crippen LogP contribution is 2.40. The van der Waals surface area contributed by atoms with Gasteiger partial charge in [-0.2, -0.15) is 0 Å². The molecule has 0 saturated carbocycles. The summed E-state index contributed by atoms with van der Waals surface area (Å²) in [4.78, 5) is 27.0. The Morgan fingerprint density at radius 1 is 1.03 bits per heavy atom. The van der Waals surface area contributed by atoms with Crippen molar-refractivity contribution in [3.05, 3.63) is 96.8 Å². The average molecular weight is 579 g/mol. The first-order valence-electron chi connectivity index (χ1n) is 10.1. The first-order chi connectivity index (χ1) is 16.4. The van der Waals surface area contributed by atoms with Gasteiger partial charge >= 0.3 is 0 Å². The van der Waals surface area contributed by atoms with Crippen molar-refractivity contribution in [2.45, 2.75) is 13.2 Å². The summed E-state index contributed by atoms with van der Waals surface area (Å²) >= 11 is 16.8. The van der Waals surface area contributed by atoms with Crippen molar-refractivity contribution in [3.63, 3.8) is 0 Å². The molecule has 0 bridgehead atoms. The van der Waals surface area contributed by atoms with Gasteiger partial charge in [-0.05, 0) is 69.2 Å². The zero-order valence-corrected chi connectivity index (χ0v) is 21.8. The van der Waals surface area contributed by atoms with Crippen molar-refractivity contribution in [1.82, 2.24) is 4.90 Å². The molecular formula is C25H18BrCl2NO4S. The van der Waals surface area contributed by atoms with Gasteiger partial charge < -0.3 is 9.47 Å². The lowest BCUT2D eigenvalue weighted by Gasteiger charge is -2.15. The molecule has 0 radical (unpaired) electrons. The number of imide groups is 1. The van der Waals surface area contributed by atoms with Crippen LogP contribution in [-0.2, 0) is 17.9 Å². The molecule has 1 saturated heterocycles. The molecule has 9 heteroatoms. The van der Waals surface area contributed by atoms with Gasteiger partial charge in [-0.25, -0.2) is 0 Å². The maximum Gasteiger partial charge on any atom is 0.293 e. The van der Waals surface area contributed by atoms with Crippen LogP contribution in [0.3, 0.4) is 0 Å². The highest BCUT2D eigenvalue weighted by Gasteiger charge is 2.35. The summed E-state index contributed by atoms with van der Waals surface area (Å²) < 4.78 is 12.1. The summed E-state index contributed by atoms with van der Waals surface area (Å²) in [5.74, 6) is 0.633. The van der Waals surface area contributed by atoms with E-state index >= 15 is 0 Å². The van der Waals surface area contributed by atoms with Crippen LogP contribution >= 0.6 is 50.9 Å². The zero-order valence-electron chi connectivity index (χ0n) is 17.9. The minimum absolute atomic E-state index is 0.000206. The lowest BCUT2D eigenvalue weighted by Crippen LogP contribution is -2.27. The molecule has 0 spiro atoms. The molecule has 0 N–H and O–H groups in total. The monoisotopic (exact) mass is 577 g/mol. The number of methoxy groups -OCH3 is 1. The number of nitrogens with zero attached hydrogens (tertiary/aromatic N) is 1. The third-order valence-electron chi connectivity index (χ3n) is 5.03. The fourth-order valence-corrected chi connectivity index (χ4v) is 5.25. The SMILES string of the molecule is COc1cc(/C=C2\SC(=O)N(Cc3c(Cl)cccc3Cl)C2=O)cc(Br)c1OCc1ccccc1. The van der Waals surface area contributed by atoms with Gasteiger partial charge in [-0.1, -0.05) is 59.6 Å². The van der Waals surface area contributed by atoms with Crippen molar-refractivity contribution in [1.29, 1.82) is 0 Å². The topological polar surface area (TPSA) is 55.8 Å². The molecule has 0 aliphatic carbocycles. The first-order valence-corrected chi connectivity index (χ1v) is 12.5. The molecule has 4 rings (SSSR count). The van der Waals surface area contributed by atoms with E-state index in [1.807, 2.05) is 36.4 Å². The lowest BCUT2D eigenvalue weighted by atomic mass is 10.1. The van der Waals surface area contributed by atoms with Crippen LogP contribution in [0.15, 0.2) is 70.0 Å². The van der Waals surface area contributed by atoms with Gasteiger partial charge in [0.25, 0.3) is 11.1 Å². The smallest absolute Gasteiger partial charge is 0.293 e. The lowest BCUT2D eigenvalue weighted by molar-refractivity contribution is -0.123. The quantitative estimate of drug-likeness (QED) is 0.270. The van der Waals surface area contributed by atoms with Crippen molar-refractivity contribution in [2.75, 3.05) is 7.11 Å². The highest BCUT2D eigenvalue weighted by molar-refractivity contribution is 9.10. The third kappa shape index (κ3) is 5.44. The molecule has 174 valence electrons. The van der Waals surface area contributed by atoms with Gasteiger partial charge in [0.15, 0.2) is 11.5 Å². The molecular weight excluding hydrogens is 561 g/mol. The Hall–Kier alpha value is -2.45. The molecule has 1 aliphatic rings. The van der Waals surface area contributed by atoms with Gasteiger partial charge in [0.05, 0.1) is 23.0 Å². The number of hydrogen-bond donors (Lipinski definition) is 0. The molecule has 1 fully saturated rings. The predicted octanol–water partition coefficient (Wildman–Crippen LogP) is 7.58. The summed E-state index contributed by atoms with van der Waals surface area (Å²) in [6.45, 7) is 0.373. The molecule has 34 heavy (non-hydrogen) atoms. The van der Waals surface area contributed by atoms with E-state index in [2.05, 4.69) is 15.9 Å². The Labute approximate surface area is 219 Å². The number of rotatable bonds is 7. The van der Waals surface area contributed by atoms with Crippen LogP contribution in [0.1, 0.15) is 16.7 Å². The van der Waals surface area contributed by atoms with E-state index in [1.165, 1.54) is 0 Å². The molecule has 5 nitrogen and oxygen atoms in total. The van der Waals surface area contributed by atoms with Crippen molar-refractivity contribution in [2.24, 2.45) is 0 Å². The second-order valence-corrected chi connectivity index (χ2v) is 9.94.